The van der Waals surface area contributed by atoms with Crippen molar-refractivity contribution in [2.75, 3.05) is 7.11 Å². The molecule has 0 unspecified atom stereocenters. The highest BCUT2D eigenvalue weighted by Crippen LogP contribution is 2.29. The summed E-state index contributed by atoms with van der Waals surface area (Å²) in [6.07, 6.45) is 0.805. The third kappa shape index (κ3) is 2.74. The van der Waals surface area contributed by atoms with Gasteiger partial charge in [-0.3, -0.25) is 0 Å². The molecule has 0 aliphatic heterocycles. The second-order valence-electron chi connectivity index (χ2n) is 3.71. The van der Waals surface area contributed by atoms with Crippen LogP contribution < -0.4 is 4.74 Å². The van der Waals surface area contributed by atoms with E-state index in [2.05, 4.69) is 9.97 Å². The lowest BCUT2D eigenvalue weighted by molar-refractivity contribution is 0.415. The summed E-state index contributed by atoms with van der Waals surface area (Å²) in [7, 11) is 1.58. The van der Waals surface area contributed by atoms with E-state index in [0.29, 0.717) is 21.7 Å². The number of rotatable bonds is 3. The van der Waals surface area contributed by atoms with E-state index in [1.54, 1.807) is 25.3 Å². The van der Waals surface area contributed by atoms with Gasteiger partial charge in [0.1, 0.15) is 10.9 Å². The number of benzene rings is 1. The second kappa shape index (κ2) is 5.55. The zero-order valence-corrected chi connectivity index (χ0v) is 11.6. The van der Waals surface area contributed by atoms with Crippen molar-refractivity contribution in [2.24, 2.45) is 0 Å². The Morgan fingerprint density at radius 1 is 1.17 bits per heavy atom. The maximum absolute atomic E-state index is 6.08. The van der Waals surface area contributed by atoms with E-state index in [1.807, 2.05) is 13.0 Å². The summed E-state index contributed by atoms with van der Waals surface area (Å²) in [6.45, 7) is 2.02. The number of hydrogen-bond donors (Lipinski definition) is 0. The van der Waals surface area contributed by atoms with Crippen LogP contribution in [0.2, 0.25) is 10.2 Å². The van der Waals surface area contributed by atoms with Gasteiger partial charge in [-0.25, -0.2) is 9.97 Å². The topological polar surface area (TPSA) is 35.0 Å². The molecule has 0 spiro atoms. The molecule has 2 rings (SSSR count). The average Bonchev–Trinajstić information content (AvgIpc) is 2.37. The first-order valence-electron chi connectivity index (χ1n) is 5.51. The van der Waals surface area contributed by atoms with Crippen LogP contribution in [0.4, 0.5) is 0 Å². The van der Waals surface area contributed by atoms with E-state index in [9.17, 15) is 0 Å². The minimum Gasteiger partial charge on any atom is -0.495 e. The van der Waals surface area contributed by atoms with Gasteiger partial charge in [-0.2, -0.15) is 0 Å². The Kier molecular flexibility index (Phi) is 4.04. The first kappa shape index (κ1) is 13.1. The van der Waals surface area contributed by atoms with Crippen LogP contribution in [0.5, 0.6) is 5.75 Å². The summed E-state index contributed by atoms with van der Waals surface area (Å²) in [6, 6.07) is 7.17. The summed E-state index contributed by atoms with van der Waals surface area (Å²) in [5.41, 5.74) is 1.72. The largest absolute Gasteiger partial charge is 0.495 e. The molecule has 1 aromatic carbocycles. The highest BCUT2D eigenvalue weighted by molar-refractivity contribution is 6.32. The fourth-order valence-corrected chi connectivity index (χ4v) is 2.04. The van der Waals surface area contributed by atoms with Crippen LogP contribution in [-0.2, 0) is 6.42 Å². The number of aromatic nitrogens is 2. The minimum absolute atomic E-state index is 0.434. The fraction of sp³-hybridized carbons (Fsp3) is 0.231. The van der Waals surface area contributed by atoms with E-state index in [0.717, 1.165) is 17.7 Å². The van der Waals surface area contributed by atoms with Crippen molar-refractivity contribution in [1.29, 1.82) is 0 Å². The maximum Gasteiger partial charge on any atom is 0.161 e. The van der Waals surface area contributed by atoms with Crippen molar-refractivity contribution in [2.45, 2.75) is 13.3 Å². The SMILES string of the molecule is CCc1cc(Cl)nc(-c2ccc(OC)c(Cl)c2)n1. The predicted molar refractivity (Wildman–Crippen MR) is 73.4 cm³/mol. The van der Waals surface area contributed by atoms with Gasteiger partial charge < -0.3 is 4.74 Å². The van der Waals surface area contributed by atoms with E-state index in [-0.39, 0.29) is 0 Å². The molecule has 0 fully saturated rings. The summed E-state index contributed by atoms with van der Waals surface area (Å²) in [5, 5.41) is 0.959. The van der Waals surface area contributed by atoms with Crippen molar-refractivity contribution in [3.63, 3.8) is 0 Å². The van der Waals surface area contributed by atoms with Gasteiger partial charge in [0.15, 0.2) is 5.82 Å². The average molecular weight is 283 g/mol. The lowest BCUT2D eigenvalue weighted by atomic mass is 10.2. The summed E-state index contributed by atoms with van der Waals surface area (Å²) >= 11 is 12.0. The number of nitrogens with zero attached hydrogens (tertiary/aromatic N) is 2. The molecular formula is C13H12Cl2N2O. The Morgan fingerprint density at radius 3 is 2.56 bits per heavy atom. The normalized spacial score (nSPS) is 10.4. The van der Waals surface area contributed by atoms with Crippen molar-refractivity contribution >= 4 is 23.2 Å². The molecule has 0 saturated carbocycles. The molecule has 5 heteroatoms. The zero-order valence-electron chi connectivity index (χ0n) is 10.1. The molecule has 0 saturated heterocycles. The van der Waals surface area contributed by atoms with Crippen molar-refractivity contribution in [1.82, 2.24) is 9.97 Å². The monoisotopic (exact) mass is 282 g/mol. The number of hydrogen-bond acceptors (Lipinski definition) is 3. The Morgan fingerprint density at radius 2 is 1.94 bits per heavy atom. The molecule has 2 aromatic rings. The van der Waals surface area contributed by atoms with Crippen molar-refractivity contribution < 1.29 is 4.74 Å². The molecule has 0 aliphatic carbocycles. The Hall–Kier alpha value is -1.32. The van der Waals surface area contributed by atoms with E-state index in [1.165, 1.54) is 0 Å². The third-order valence-electron chi connectivity index (χ3n) is 2.52. The van der Waals surface area contributed by atoms with Gasteiger partial charge in [0.25, 0.3) is 0 Å². The molecular weight excluding hydrogens is 271 g/mol. The fourth-order valence-electron chi connectivity index (χ4n) is 1.58. The van der Waals surface area contributed by atoms with Crippen LogP contribution in [0.1, 0.15) is 12.6 Å². The molecule has 1 aromatic heterocycles. The standard InChI is InChI=1S/C13H12Cl2N2O/c1-3-9-7-12(15)17-13(16-9)8-4-5-11(18-2)10(14)6-8/h4-7H,3H2,1-2H3. The van der Waals surface area contributed by atoms with Crippen LogP contribution in [-0.4, -0.2) is 17.1 Å². The van der Waals surface area contributed by atoms with Crippen LogP contribution >= 0.6 is 23.2 Å². The van der Waals surface area contributed by atoms with Gasteiger partial charge in [-0.1, -0.05) is 30.1 Å². The highest BCUT2D eigenvalue weighted by atomic mass is 35.5. The van der Waals surface area contributed by atoms with Crippen LogP contribution in [0.3, 0.4) is 0 Å². The molecule has 0 radical (unpaired) electrons. The van der Waals surface area contributed by atoms with Crippen molar-refractivity contribution in [3.05, 3.63) is 40.1 Å². The molecule has 0 bridgehead atoms. The van der Waals surface area contributed by atoms with Gasteiger partial charge in [-0.15, -0.1) is 0 Å². The third-order valence-corrected chi connectivity index (χ3v) is 3.01. The molecule has 0 amide bonds. The van der Waals surface area contributed by atoms with Crippen LogP contribution in [0, 0.1) is 0 Å². The summed E-state index contributed by atoms with van der Waals surface area (Å²) in [4.78, 5) is 8.63. The number of halogens is 2. The van der Waals surface area contributed by atoms with Crippen molar-refractivity contribution in [3.8, 4) is 17.1 Å². The first-order chi connectivity index (χ1) is 8.63. The Balaban J connectivity index is 2.48. The molecule has 3 nitrogen and oxygen atoms in total. The van der Waals surface area contributed by atoms with Gasteiger partial charge in [-0.05, 0) is 30.7 Å². The quantitative estimate of drug-likeness (QED) is 0.798. The van der Waals surface area contributed by atoms with E-state index in [4.69, 9.17) is 27.9 Å². The number of methoxy groups -OCH3 is 1. The second-order valence-corrected chi connectivity index (χ2v) is 4.50. The Labute approximate surface area is 116 Å². The molecule has 1 heterocycles. The van der Waals surface area contributed by atoms with E-state index >= 15 is 0 Å². The molecule has 0 N–H and O–H groups in total. The zero-order chi connectivity index (χ0) is 13.1. The Bertz CT molecular complexity index is 573. The maximum atomic E-state index is 6.08. The highest BCUT2D eigenvalue weighted by Gasteiger charge is 2.08. The van der Waals surface area contributed by atoms with E-state index < -0.39 is 0 Å². The molecule has 0 aliphatic rings. The van der Waals surface area contributed by atoms with Gasteiger partial charge in [0.05, 0.1) is 12.1 Å². The number of ether oxygens (including phenoxy) is 1. The molecule has 18 heavy (non-hydrogen) atoms. The molecule has 94 valence electrons. The summed E-state index contributed by atoms with van der Waals surface area (Å²) in [5.74, 6) is 1.20. The van der Waals surface area contributed by atoms with Crippen LogP contribution in [0.25, 0.3) is 11.4 Å². The van der Waals surface area contributed by atoms with Gasteiger partial charge in [0, 0.05) is 11.3 Å². The molecule has 0 atom stereocenters. The predicted octanol–water partition coefficient (Wildman–Crippen LogP) is 4.02. The summed E-state index contributed by atoms with van der Waals surface area (Å²) < 4.78 is 5.11. The minimum atomic E-state index is 0.434. The lowest BCUT2D eigenvalue weighted by Crippen LogP contribution is -1.95. The smallest absolute Gasteiger partial charge is 0.161 e. The van der Waals surface area contributed by atoms with Gasteiger partial charge in [0.2, 0.25) is 0 Å². The van der Waals surface area contributed by atoms with Crippen LogP contribution in [0.15, 0.2) is 24.3 Å². The van der Waals surface area contributed by atoms with Gasteiger partial charge >= 0.3 is 0 Å². The lowest BCUT2D eigenvalue weighted by Gasteiger charge is -2.06. The number of aryl methyl sites for hydroxylation is 1. The first-order valence-corrected chi connectivity index (χ1v) is 6.27.